The summed E-state index contributed by atoms with van der Waals surface area (Å²) in [4.78, 5) is 38.7. The van der Waals surface area contributed by atoms with Crippen LogP contribution in [0.1, 0.15) is 38.2 Å². The summed E-state index contributed by atoms with van der Waals surface area (Å²) in [5, 5.41) is 9.46. The van der Waals surface area contributed by atoms with Crippen LogP contribution < -0.4 is 20.9 Å². The van der Waals surface area contributed by atoms with Crippen molar-refractivity contribution in [1.82, 2.24) is 20.3 Å². The van der Waals surface area contributed by atoms with Gasteiger partial charge in [0.1, 0.15) is 5.82 Å². The number of pyridine rings is 1. The molecule has 0 atom stereocenters. The number of fused-ring (bicyclic) bond motifs is 1. The molecule has 1 fully saturated rings. The molecule has 1 aromatic carbocycles. The van der Waals surface area contributed by atoms with Crippen LogP contribution in [0, 0.1) is 12.3 Å². The SMILES string of the molecule is C#Cc1cc(NC(=O)NC2CCCC2)nc2nc(Nc3ccc(N(C)C(C)=O)cc3)ncc12. The number of carbonyl (C=O) groups excluding carboxylic acids is 2. The van der Waals surface area contributed by atoms with Crippen molar-refractivity contribution in [2.45, 2.75) is 38.6 Å². The average Bonchev–Trinajstić information content (AvgIpc) is 3.31. The van der Waals surface area contributed by atoms with Crippen molar-refractivity contribution in [2.75, 3.05) is 22.6 Å². The van der Waals surface area contributed by atoms with Crippen LogP contribution in [-0.2, 0) is 4.79 Å². The van der Waals surface area contributed by atoms with Gasteiger partial charge in [0, 0.05) is 43.1 Å². The lowest BCUT2D eigenvalue weighted by Crippen LogP contribution is -2.36. The number of hydrogen-bond donors (Lipinski definition) is 3. The van der Waals surface area contributed by atoms with Gasteiger partial charge in [-0.05, 0) is 43.2 Å². The molecule has 0 saturated heterocycles. The summed E-state index contributed by atoms with van der Waals surface area (Å²) in [6, 6.07) is 8.82. The molecule has 0 spiro atoms. The molecule has 0 bridgehead atoms. The molecule has 2 aromatic heterocycles. The maximum absolute atomic E-state index is 12.3. The van der Waals surface area contributed by atoms with E-state index in [1.54, 1.807) is 24.2 Å². The fraction of sp³-hybridized carbons (Fsp3) is 0.292. The number of hydrogen-bond acceptors (Lipinski definition) is 6. The molecule has 0 radical (unpaired) electrons. The Bertz CT molecular complexity index is 1230. The number of carbonyl (C=O) groups is 2. The minimum atomic E-state index is -0.306. The van der Waals surface area contributed by atoms with Crippen molar-refractivity contribution in [3.8, 4) is 12.3 Å². The van der Waals surface area contributed by atoms with Crippen molar-refractivity contribution in [1.29, 1.82) is 0 Å². The second-order valence-electron chi connectivity index (χ2n) is 7.96. The Labute approximate surface area is 192 Å². The van der Waals surface area contributed by atoms with E-state index in [0.29, 0.717) is 28.4 Å². The van der Waals surface area contributed by atoms with Crippen molar-refractivity contribution < 1.29 is 9.59 Å². The van der Waals surface area contributed by atoms with Crippen LogP contribution in [0.15, 0.2) is 36.5 Å². The summed E-state index contributed by atoms with van der Waals surface area (Å²) in [5.74, 6) is 3.21. The summed E-state index contributed by atoms with van der Waals surface area (Å²) >= 11 is 0. The van der Waals surface area contributed by atoms with Crippen molar-refractivity contribution in [3.05, 3.63) is 42.1 Å². The van der Waals surface area contributed by atoms with Gasteiger partial charge in [0.2, 0.25) is 11.9 Å². The van der Waals surface area contributed by atoms with E-state index in [1.807, 2.05) is 24.3 Å². The highest BCUT2D eigenvalue weighted by Gasteiger charge is 2.18. The van der Waals surface area contributed by atoms with Crippen LogP contribution in [0.3, 0.4) is 0 Å². The third-order valence-corrected chi connectivity index (χ3v) is 5.64. The van der Waals surface area contributed by atoms with Gasteiger partial charge in [0.05, 0.1) is 5.39 Å². The number of anilines is 4. The van der Waals surface area contributed by atoms with Crippen LogP contribution in [0.4, 0.5) is 27.9 Å². The molecular formula is C24H25N7O2. The van der Waals surface area contributed by atoms with E-state index >= 15 is 0 Å². The van der Waals surface area contributed by atoms with Gasteiger partial charge in [-0.3, -0.25) is 10.1 Å². The minimum Gasteiger partial charge on any atom is -0.335 e. The van der Waals surface area contributed by atoms with Gasteiger partial charge < -0.3 is 15.5 Å². The van der Waals surface area contributed by atoms with Crippen molar-refractivity contribution >= 4 is 46.1 Å². The Morgan fingerprint density at radius 1 is 1.15 bits per heavy atom. The monoisotopic (exact) mass is 443 g/mol. The standard InChI is InChI=1S/C24H25N7O2/c1-4-16-13-21(29-24(33)27-17-7-5-6-8-17)28-22-20(16)14-25-23(30-22)26-18-9-11-19(12-10-18)31(3)15(2)32/h1,9-14,17H,5-8H2,2-3H3,(H3,25,26,27,28,29,30,33). The highest BCUT2D eigenvalue weighted by Crippen LogP contribution is 2.23. The highest BCUT2D eigenvalue weighted by molar-refractivity contribution is 5.92. The van der Waals surface area contributed by atoms with Crippen molar-refractivity contribution in [3.63, 3.8) is 0 Å². The number of amides is 3. The van der Waals surface area contributed by atoms with E-state index in [4.69, 9.17) is 6.42 Å². The van der Waals surface area contributed by atoms with E-state index in [2.05, 4.69) is 36.8 Å². The zero-order chi connectivity index (χ0) is 23.4. The molecule has 1 aliphatic carbocycles. The van der Waals surface area contributed by atoms with Crippen LogP contribution in [-0.4, -0.2) is 40.0 Å². The van der Waals surface area contributed by atoms with E-state index < -0.39 is 0 Å². The summed E-state index contributed by atoms with van der Waals surface area (Å²) < 4.78 is 0. The number of nitrogens with zero attached hydrogens (tertiary/aromatic N) is 4. The molecule has 33 heavy (non-hydrogen) atoms. The molecule has 168 valence electrons. The first-order chi connectivity index (χ1) is 15.9. The van der Waals surface area contributed by atoms with Crippen LogP contribution in [0.5, 0.6) is 0 Å². The highest BCUT2D eigenvalue weighted by atomic mass is 16.2. The van der Waals surface area contributed by atoms with E-state index in [0.717, 1.165) is 37.1 Å². The average molecular weight is 444 g/mol. The molecule has 9 nitrogen and oxygen atoms in total. The molecule has 0 aliphatic heterocycles. The number of benzene rings is 1. The molecule has 0 unspecified atom stereocenters. The van der Waals surface area contributed by atoms with Gasteiger partial charge in [0.25, 0.3) is 0 Å². The molecule has 3 amide bonds. The van der Waals surface area contributed by atoms with Crippen molar-refractivity contribution in [2.24, 2.45) is 0 Å². The Morgan fingerprint density at radius 3 is 2.55 bits per heavy atom. The summed E-state index contributed by atoms with van der Waals surface area (Å²) in [6.45, 7) is 1.51. The van der Waals surface area contributed by atoms with E-state index in [9.17, 15) is 9.59 Å². The first kappa shape index (κ1) is 22.0. The van der Waals surface area contributed by atoms with E-state index in [-0.39, 0.29) is 18.0 Å². The third kappa shape index (κ3) is 5.18. The molecule has 4 rings (SSSR count). The zero-order valence-electron chi connectivity index (χ0n) is 18.6. The lowest BCUT2D eigenvalue weighted by molar-refractivity contribution is -0.116. The predicted molar refractivity (Wildman–Crippen MR) is 128 cm³/mol. The largest absolute Gasteiger partial charge is 0.335 e. The molecule has 1 aliphatic rings. The quantitative estimate of drug-likeness (QED) is 0.517. The predicted octanol–water partition coefficient (Wildman–Crippen LogP) is 3.80. The molecule has 2 heterocycles. The molecule has 3 aromatic rings. The lowest BCUT2D eigenvalue weighted by atomic mass is 10.2. The Hall–Kier alpha value is -4.19. The number of terminal acetylenes is 1. The Morgan fingerprint density at radius 2 is 1.88 bits per heavy atom. The van der Waals surface area contributed by atoms with Crippen LogP contribution in [0.25, 0.3) is 11.0 Å². The molecule has 9 heteroatoms. The molecular weight excluding hydrogens is 418 g/mol. The topological polar surface area (TPSA) is 112 Å². The number of nitrogens with one attached hydrogen (secondary N) is 3. The number of rotatable bonds is 5. The summed E-state index contributed by atoms with van der Waals surface area (Å²) in [7, 11) is 1.71. The smallest absolute Gasteiger partial charge is 0.320 e. The number of aromatic nitrogens is 3. The fourth-order valence-electron chi connectivity index (χ4n) is 3.74. The first-order valence-electron chi connectivity index (χ1n) is 10.8. The third-order valence-electron chi connectivity index (χ3n) is 5.64. The fourth-order valence-corrected chi connectivity index (χ4v) is 3.74. The van der Waals surface area contributed by atoms with Gasteiger partial charge in [-0.2, -0.15) is 4.98 Å². The van der Waals surface area contributed by atoms with Gasteiger partial charge in [-0.1, -0.05) is 18.8 Å². The van der Waals surface area contributed by atoms with Gasteiger partial charge >= 0.3 is 6.03 Å². The van der Waals surface area contributed by atoms with Gasteiger partial charge in [-0.15, -0.1) is 6.42 Å². The Kier molecular flexibility index (Phi) is 6.36. The second kappa shape index (κ2) is 9.53. The summed E-state index contributed by atoms with van der Waals surface area (Å²) in [5.41, 5.74) is 2.43. The maximum atomic E-state index is 12.3. The Balaban J connectivity index is 1.53. The van der Waals surface area contributed by atoms with Gasteiger partial charge in [-0.25, -0.2) is 14.8 Å². The lowest BCUT2D eigenvalue weighted by Gasteiger charge is -2.15. The van der Waals surface area contributed by atoms with Crippen LogP contribution >= 0.6 is 0 Å². The summed E-state index contributed by atoms with van der Waals surface area (Å²) in [6.07, 6.45) is 11.5. The normalized spacial score (nSPS) is 13.4. The molecule has 1 saturated carbocycles. The van der Waals surface area contributed by atoms with Gasteiger partial charge in [0.15, 0.2) is 5.65 Å². The van der Waals surface area contributed by atoms with E-state index in [1.165, 1.54) is 6.92 Å². The minimum absolute atomic E-state index is 0.0506. The zero-order valence-corrected chi connectivity index (χ0v) is 18.6. The number of urea groups is 1. The first-order valence-corrected chi connectivity index (χ1v) is 10.8. The molecule has 3 N–H and O–H groups in total. The van der Waals surface area contributed by atoms with Crippen LogP contribution in [0.2, 0.25) is 0 Å². The second-order valence-corrected chi connectivity index (χ2v) is 7.96. The maximum Gasteiger partial charge on any atom is 0.320 e.